The van der Waals surface area contributed by atoms with Gasteiger partial charge in [0, 0.05) is 11.6 Å². The van der Waals surface area contributed by atoms with Crippen molar-refractivity contribution in [2.45, 2.75) is 89.6 Å². The van der Waals surface area contributed by atoms with Crippen LogP contribution in [0.4, 0.5) is 0 Å². The maximum Gasteiger partial charge on any atom is 0.0394 e. The molecule has 3 nitrogen and oxygen atoms in total. The molecular weight excluding hydrogens is 246 g/mol. The second-order valence-corrected chi connectivity index (χ2v) is 7.10. The van der Waals surface area contributed by atoms with E-state index in [1.807, 2.05) is 0 Å². The summed E-state index contributed by atoms with van der Waals surface area (Å²) in [5.41, 5.74) is 3.43. The lowest BCUT2D eigenvalue weighted by Gasteiger charge is -2.49. The minimum Gasteiger partial charge on any atom is -0.302 e. The van der Waals surface area contributed by atoms with E-state index in [1.165, 1.54) is 64.2 Å². The van der Waals surface area contributed by atoms with Crippen molar-refractivity contribution in [3.63, 3.8) is 0 Å². The Hall–Kier alpha value is -0.120. The zero-order chi connectivity index (χ0) is 15.0. The quantitative estimate of drug-likeness (QED) is 0.385. The molecule has 1 fully saturated rings. The Balaban J connectivity index is 2.54. The molecule has 0 aromatic heterocycles. The third-order valence-electron chi connectivity index (χ3n) is 5.48. The summed E-state index contributed by atoms with van der Waals surface area (Å²) >= 11 is 0. The number of hydrogen-bond acceptors (Lipinski definition) is 3. The molecule has 0 aromatic carbocycles. The van der Waals surface area contributed by atoms with E-state index < -0.39 is 0 Å². The molecule has 0 heterocycles. The second kappa shape index (κ2) is 9.01. The van der Waals surface area contributed by atoms with E-state index in [9.17, 15) is 0 Å². The monoisotopic (exact) mass is 283 g/mol. The fraction of sp³-hybridized carbons (Fsp3) is 1.00. The molecule has 0 amide bonds. The van der Waals surface area contributed by atoms with Crippen molar-refractivity contribution < 1.29 is 0 Å². The van der Waals surface area contributed by atoms with Crippen molar-refractivity contribution in [1.29, 1.82) is 0 Å². The van der Waals surface area contributed by atoms with Crippen molar-refractivity contribution in [1.82, 2.24) is 10.3 Å². The number of nitrogens with one attached hydrogen (secondary N) is 1. The van der Waals surface area contributed by atoms with Gasteiger partial charge in [0.15, 0.2) is 0 Å². The first kappa shape index (κ1) is 17.9. The Bertz CT molecular complexity index is 245. The Kier molecular flexibility index (Phi) is 8.08. The summed E-state index contributed by atoms with van der Waals surface area (Å²) in [5.74, 6) is 6.81. The maximum atomic E-state index is 5.93. The first-order valence-electron chi connectivity index (χ1n) is 8.70. The van der Waals surface area contributed by atoms with Crippen LogP contribution in [0.3, 0.4) is 0 Å². The van der Waals surface area contributed by atoms with Gasteiger partial charge in [-0.1, -0.05) is 46.0 Å². The van der Waals surface area contributed by atoms with Gasteiger partial charge < -0.3 is 4.90 Å². The molecule has 0 spiro atoms. The fourth-order valence-electron chi connectivity index (χ4n) is 3.83. The van der Waals surface area contributed by atoms with Crippen LogP contribution in [0.2, 0.25) is 0 Å². The minimum absolute atomic E-state index is 0.270. The highest BCUT2D eigenvalue weighted by Crippen LogP contribution is 2.38. The van der Waals surface area contributed by atoms with E-state index >= 15 is 0 Å². The summed E-state index contributed by atoms with van der Waals surface area (Å²) in [6.45, 7) is 4.66. The number of nitrogens with two attached hydrogens (primary N) is 1. The molecule has 0 aromatic rings. The van der Waals surface area contributed by atoms with Gasteiger partial charge in [0.2, 0.25) is 0 Å². The Labute approximate surface area is 126 Å². The summed E-state index contributed by atoms with van der Waals surface area (Å²) in [6, 6.07) is 0.437. The SMILES string of the molecule is CCCCCCCC(NN)C1(N(C)C)CCC(C)CC1. The second-order valence-electron chi connectivity index (χ2n) is 7.10. The molecule has 0 aliphatic heterocycles. The minimum atomic E-state index is 0.270. The average molecular weight is 284 g/mol. The van der Waals surface area contributed by atoms with Crippen molar-refractivity contribution in [2.75, 3.05) is 14.1 Å². The highest BCUT2D eigenvalue weighted by atomic mass is 15.3. The Morgan fingerprint density at radius 3 is 2.25 bits per heavy atom. The molecule has 0 radical (unpaired) electrons. The van der Waals surface area contributed by atoms with Crippen molar-refractivity contribution in [2.24, 2.45) is 11.8 Å². The van der Waals surface area contributed by atoms with E-state index in [2.05, 4.69) is 38.3 Å². The van der Waals surface area contributed by atoms with Crippen LogP contribution in [-0.2, 0) is 0 Å². The summed E-state index contributed by atoms with van der Waals surface area (Å²) in [4.78, 5) is 2.44. The lowest BCUT2D eigenvalue weighted by Crippen LogP contribution is -2.62. The first-order valence-corrected chi connectivity index (χ1v) is 8.70. The van der Waals surface area contributed by atoms with Crippen LogP contribution in [0, 0.1) is 5.92 Å². The van der Waals surface area contributed by atoms with E-state index in [1.54, 1.807) is 0 Å². The molecule has 1 saturated carbocycles. The zero-order valence-electron chi connectivity index (χ0n) is 14.3. The van der Waals surface area contributed by atoms with Crippen molar-refractivity contribution in [3.8, 4) is 0 Å². The number of nitrogens with zero attached hydrogens (tertiary/aromatic N) is 1. The predicted molar refractivity (Wildman–Crippen MR) is 88.5 cm³/mol. The molecule has 0 saturated heterocycles. The summed E-state index contributed by atoms with van der Waals surface area (Å²) < 4.78 is 0. The van der Waals surface area contributed by atoms with Crippen LogP contribution >= 0.6 is 0 Å². The zero-order valence-corrected chi connectivity index (χ0v) is 14.3. The molecule has 1 aliphatic rings. The maximum absolute atomic E-state index is 5.93. The lowest BCUT2D eigenvalue weighted by atomic mass is 9.71. The number of unbranched alkanes of at least 4 members (excludes halogenated alkanes) is 4. The van der Waals surface area contributed by atoms with Gasteiger partial charge in [-0.25, -0.2) is 0 Å². The van der Waals surface area contributed by atoms with Gasteiger partial charge in [0.05, 0.1) is 0 Å². The number of likely N-dealkylation sites (N-methyl/N-ethyl adjacent to an activating group) is 1. The number of rotatable bonds is 9. The molecule has 3 heteroatoms. The van der Waals surface area contributed by atoms with Gasteiger partial charge in [0.1, 0.15) is 0 Å². The van der Waals surface area contributed by atoms with Crippen molar-refractivity contribution >= 4 is 0 Å². The largest absolute Gasteiger partial charge is 0.302 e. The van der Waals surface area contributed by atoms with Crippen LogP contribution in [-0.4, -0.2) is 30.6 Å². The highest BCUT2D eigenvalue weighted by Gasteiger charge is 2.42. The Morgan fingerprint density at radius 2 is 1.75 bits per heavy atom. The van der Waals surface area contributed by atoms with Crippen LogP contribution in [0.1, 0.15) is 78.1 Å². The summed E-state index contributed by atoms with van der Waals surface area (Å²) in [6.07, 6.45) is 13.2. The summed E-state index contributed by atoms with van der Waals surface area (Å²) in [5, 5.41) is 0. The molecule has 0 bridgehead atoms. The van der Waals surface area contributed by atoms with Gasteiger partial charge in [-0.15, -0.1) is 0 Å². The van der Waals surface area contributed by atoms with E-state index in [0.29, 0.717) is 6.04 Å². The van der Waals surface area contributed by atoms with E-state index in [0.717, 1.165) is 5.92 Å². The van der Waals surface area contributed by atoms with Gasteiger partial charge in [-0.2, -0.15) is 0 Å². The van der Waals surface area contributed by atoms with Gasteiger partial charge in [-0.05, 0) is 52.1 Å². The molecule has 20 heavy (non-hydrogen) atoms. The standard InChI is InChI=1S/C17H37N3/c1-5-6-7-8-9-10-16(19-18)17(20(3)4)13-11-15(2)12-14-17/h15-16,19H,5-14,18H2,1-4H3. The fourth-order valence-corrected chi connectivity index (χ4v) is 3.83. The van der Waals surface area contributed by atoms with Crippen molar-refractivity contribution in [3.05, 3.63) is 0 Å². The van der Waals surface area contributed by atoms with E-state index in [-0.39, 0.29) is 5.54 Å². The molecule has 1 unspecified atom stereocenters. The molecule has 1 aliphatic carbocycles. The van der Waals surface area contributed by atoms with Crippen LogP contribution in [0.15, 0.2) is 0 Å². The normalized spacial score (nSPS) is 28.8. The number of hydrogen-bond donors (Lipinski definition) is 2. The number of hydrazine groups is 1. The third-order valence-corrected chi connectivity index (χ3v) is 5.48. The molecule has 3 N–H and O–H groups in total. The van der Waals surface area contributed by atoms with Crippen LogP contribution in [0.5, 0.6) is 0 Å². The third kappa shape index (κ3) is 4.71. The topological polar surface area (TPSA) is 41.3 Å². The molecular formula is C17H37N3. The van der Waals surface area contributed by atoms with Crippen LogP contribution in [0.25, 0.3) is 0 Å². The highest BCUT2D eigenvalue weighted by molar-refractivity contribution is 5.00. The smallest absolute Gasteiger partial charge is 0.0394 e. The predicted octanol–water partition coefficient (Wildman–Crippen LogP) is 3.69. The van der Waals surface area contributed by atoms with Crippen LogP contribution < -0.4 is 11.3 Å². The average Bonchev–Trinajstić information content (AvgIpc) is 2.44. The molecule has 120 valence electrons. The molecule has 1 atom stereocenters. The van der Waals surface area contributed by atoms with E-state index in [4.69, 9.17) is 5.84 Å². The van der Waals surface area contributed by atoms with Gasteiger partial charge in [-0.3, -0.25) is 11.3 Å². The Morgan fingerprint density at radius 1 is 1.15 bits per heavy atom. The lowest BCUT2D eigenvalue weighted by molar-refractivity contribution is 0.0394. The first-order chi connectivity index (χ1) is 9.56. The summed E-state index contributed by atoms with van der Waals surface area (Å²) in [7, 11) is 4.47. The molecule has 1 rings (SSSR count). The van der Waals surface area contributed by atoms with Gasteiger partial charge >= 0.3 is 0 Å². The van der Waals surface area contributed by atoms with Gasteiger partial charge in [0.25, 0.3) is 0 Å².